The van der Waals surface area contributed by atoms with Crippen LogP contribution in [0.5, 0.6) is 0 Å². The third-order valence-corrected chi connectivity index (χ3v) is 1.38. The number of nitrogens with two attached hydrogens (primary N) is 1. The third-order valence-electron chi connectivity index (χ3n) is 0.631. The largest absolute Gasteiger partial charge is 0.374 e. The van der Waals surface area contributed by atoms with Gasteiger partial charge in [-0.1, -0.05) is 17.9 Å². The zero-order valence-electron chi connectivity index (χ0n) is 4.16. The summed E-state index contributed by atoms with van der Waals surface area (Å²) in [5.74, 6) is 0. The van der Waals surface area contributed by atoms with E-state index in [0.29, 0.717) is 5.13 Å². The molecule has 0 atom stereocenters. The zero-order valence-corrected chi connectivity index (χ0v) is 4.98. The smallest absolute Gasteiger partial charge is 0.203 e. The molecule has 0 bridgehead atoms. The summed E-state index contributed by atoms with van der Waals surface area (Å²) < 4.78 is 0. The maximum atomic E-state index is 5.25. The number of anilines is 1. The van der Waals surface area contributed by atoms with Crippen molar-refractivity contribution in [1.82, 2.24) is 10.2 Å². The lowest BCUT2D eigenvalue weighted by atomic mass is 10.7. The van der Waals surface area contributed by atoms with Gasteiger partial charge in [0.2, 0.25) is 5.13 Å². The van der Waals surface area contributed by atoms with Crippen molar-refractivity contribution in [2.75, 3.05) is 5.73 Å². The van der Waals surface area contributed by atoms with E-state index in [0.717, 1.165) is 5.01 Å². The summed E-state index contributed by atoms with van der Waals surface area (Å²) >= 11 is 1.33. The highest BCUT2D eigenvalue weighted by Gasteiger charge is 1.91. The van der Waals surface area contributed by atoms with Crippen molar-refractivity contribution < 1.29 is 0 Å². The van der Waals surface area contributed by atoms with E-state index >= 15 is 0 Å². The van der Waals surface area contributed by atoms with Crippen LogP contribution in [0.15, 0.2) is 6.58 Å². The highest BCUT2D eigenvalue weighted by Crippen LogP contribution is 2.10. The Balaban J connectivity index is 3.00. The fourth-order valence-corrected chi connectivity index (χ4v) is 0.790. The predicted octanol–water partition coefficient (Wildman–Crippen LogP) is 0.763. The van der Waals surface area contributed by atoms with Crippen molar-refractivity contribution in [1.29, 1.82) is 0 Å². The highest BCUT2D eigenvalue weighted by molar-refractivity contribution is 7.15. The standard InChI is InChI=1S/C4H5N3S/c1-2-3-6-7-4(5)8-3/h2H,1H2,(H2,5,7). The lowest BCUT2D eigenvalue weighted by Crippen LogP contribution is -1.79. The van der Waals surface area contributed by atoms with Gasteiger partial charge in [-0.2, -0.15) is 0 Å². The van der Waals surface area contributed by atoms with Crippen molar-refractivity contribution in [2.45, 2.75) is 0 Å². The van der Waals surface area contributed by atoms with Gasteiger partial charge >= 0.3 is 0 Å². The molecular weight excluding hydrogens is 122 g/mol. The van der Waals surface area contributed by atoms with Crippen LogP contribution in [0.4, 0.5) is 5.13 Å². The summed E-state index contributed by atoms with van der Waals surface area (Å²) in [6, 6.07) is 0. The van der Waals surface area contributed by atoms with E-state index in [-0.39, 0.29) is 0 Å². The molecule has 1 aromatic heterocycles. The van der Waals surface area contributed by atoms with Crippen LogP contribution in [0.25, 0.3) is 6.08 Å². The van der Waals surface area contributed by atoms with E-state index < -0.39 is 0 Å². The topological polar surface area (TPSA) is 51.8 Å². The molecule has 0 saturated heterocycles. The summed E-state index contributed by atoms with van der Waals surface area (Å²) in [6.45, 7) is 3.50. The second-order valence-electron chi connectivity index (χ2n) is 1.18. The van der Waals surface area contributed by atoms with E-state index in [9.17, 15) is 0 Å². The molecule has 4 heteroatoms. The zero-order chi connectivity index (χ0) is 5.98. The van der Waals surface area contributed by atoms with Gasteiger partial charge in [-0.25, -0.2) is 0 Å². The van der Waals surface area contributed by atoms with E-state index in [1.54, 1.807) is 6.08 Å². The van der Waals surface area contributed by atoms with Crippen LogP contribution in [-0.2, 0) is 0 Å². The third kappa shape index (κ3) is 0.840. The van der Waals surface area contributed by atoms with Gasteiger partial charge in [-0.05, 0) is 6.08 Å². The number of nitrogen functional groups attached to an aromatic ring is 1. The Labute approximate surface area is 50.9 Å². The van der Waals surface area contributed by atoms with Crippen LogP contribution < -0.4 is 5.73 Å². The lowest BCUT2D eigenvalue weighted by molar-refractivity contribution is 1.09. The molecule has 1 heterocycles. The second-order valence-corrected chi connectivity index (χ2v) is 2.22. The van der Waals surface area contributed by atoms with Crippen LogP contribution in [-0.4, -0.2) is 10.2 Å². The molecule has 0 fully saturated rings. The summed E-state index contributed by atoms with van der Waals surface area (Å²) in [6.07, 6.45) is 1.62. The van der Waals surface area contributed by atoms with Crippen LogP contribution in [0, 0.1) is 0 Å². The fraction of sp³-hybridized carbons (Fsp3) is 0. The molecule has 0 aliphatic rings. The van der Waals surface area contributed by atoms with E-state index in [1.807, 2.05) is 0 Å². The number of hydrogen-bond donors (Lipinski definition) is 1. The van der Waals surface area contributed by atoms with Crippen LogP contribution in [0.1, 0.15) is 5.01 Å². The molecule has 0 aliphatic heterocycles. The summed E-state index contributed by atoms with van der Waals surface area (Å²) in [5.41, 5.74) is 5.25. The molecule has 1 aromatic rings. The molecule has 1 rings (SSSR count). The summed E-state index contributed by atoms with van der Waals surface area (Å²) in [5, 5.41) is 8.47. The molecule has 2 N–H and O–H groups in total. The number of hydrogen-bond acceptors (Lipinski definition) is 4. The fourth-order valence-electron chi connectivity index (χ4n) is 0.329. The minimum Gasteiger partial charge on any atom is -0.374 e. The second kappa shape index (κ2) is 1.92. The Morgan fingerprint density at radius 3 is 2.62 bits per heavy atom. The van der Waals surface area contributed by atoms with Crippen molar-refractivity contribution in [3.63, 3.8) is 0 Å². The maximum Gasteiger partial charge on any atom is 0.203 e. The van der Waals surface area contributed by atoms with Crippen LogP contribution in [0.3, 0.4) is 0 Å². The van der Waals surface area contributed by atoms with Crippen LogP contribution in [0.2, 0.25) is 0 Å². The molecule has 0 aliphatic carbocycles. The number of rotatable bonds is 1. The number of aromatic nitrogens is 2. The minimum absolute atomic E-state index is 0.486. The van der Waals surface area contributed by atoms with Crippen molar-refractivity contribution in [2.24, 2.45) is 0 Å². The Kier molecular flexibility index (Phi) is 1.26. The monoisotopic (exact) mass is 127 g/mol. The average molecular weight is 127 g/mol. The summed E-state index contributed by atoms with van der Waals surface area (Å²) in [4.78, 5) is 0. The average Bonchev–Trinajstić information content (AvgIpc) is 2.14. The van der Waals surface area contributed by atoms with Gasteiger partial charge in [-0.15, -0.1) is 10.2 Å². The first-order valence-corrected chi connectivity index (χ1v) is 2.86. The maximum absolute atomic E-state index is 5.25. The van der Waals surface area contributed by atoms with Crippen molar-refractivity contribution in [3.8, 4) is 0 Å². The molecule has 8 heavy (non-hydrogen) atoms. The van der Waals surface area contributed by atoms with E-state index in [4.69, 9.17) is 5.73 Å². The first kappa shape index (κ1) is 5.24. The van der Waals surface area contributed by atoms with Gasteiger partial charge in [0.25, 0.3) is 0 Å². The number of nitrogens with zero attached hydrogens (tertiary/aromatic N) is 2. The van der Waals surface area contributed by atoms with Gasteiger partial charge in [0.1, 0.15) is 5.01 Å². The van der Waals surface area contributed by atoms with Gasteiger partial charge in [0.15, 0.2) is 0 Å². The molecule has 3 nitrogen and oxygen atoms in total. The molecular formula is C4H5N3S. The molecule has 0 unspecified atom stereocenters. The van der Waals surface area contributed by atoms with Crippen molar-refractivity contribution >= 4 is 22.5 Å². The molecule has 42 valence electrons. The summed E-state index contributed by atoms with van der Waals surface area (Å²) in [7, 11) is 0. The molecule has 0 spiro atoms. The quantitative estimate of drug-likeness (QED) is 0.606. The molecule has 0 radical (unpaired) electrons. The molecule has 0 saturated carbocycles. The lowest BCUT2D eigenvalue weighted by Gasteiger charge is -1.69. The normalized spacial score (nSPS) is 9.00. The minimum atomic E-state index is 0.486. The van der Waals surface area contributed by atoms with E-state index in [2.05, 4.69) is 16.8 Å². The van der Waals surface area contributed by atoms with E-state index in [1.165, 1.54) is 11.3 Å². The Morgan fingerprint density at radius 2 is 2.38 bits per heavy atom. The molecule has 0 aromatic carbocycles. The van der Waals surface area contributed by atoms with Crippen molar-refractivity contribution in [3.05, 3.63) is 11.6 Å². The highest BCUT2D eigenvalue weighted by atomic mass is 32.1. The SMILES string of the molecule is C=Cc1nnc(N)s1. The van der Waals surface area contributed by atoms with Crippen LogP contribution >= 0.6 is 11.3 Å². The first-order valence-electron chi connectivity index (χ1n) is 2.04. The predicted molar refractivity (Wildman–Crippen MR) is 34.4 cm³/mol. The Bertz CT molecular complexity index is 193. The van der Waals surface area contributed by atoms with Gasteiger partial charge in [0.05, 0.1) is 0 Å². The van der Waals surface area contributed by atoms with Gasteiger partial charge in [-0.3, -0.25) is 0 Å². The van der Waals surface area contributed by atoms with Gasteiger partial charge in [0, 0.05) is 0 Å². The van der Waals surface area contributed by atoms with Gasteiger partial charge < -0.3 is 5.73 Å². The Morgan fingerprint density at radius 1 is 1.62 bits per heavy atom. The molecule has 0 amide bonds. The Hall–Kier alpha value is -0.900. The first-order chi connectivity index (χ1) is 3.83.